The lowest BCUT2D eigenvalue weighted by Gasteiger charge is -2.20. The second-order valence-electron chi connectivity index (χ2n) is 16.4. The van der Waals surface area contributed by atoms with Crippen molar-refractivity contribution in [1.82, 2.24) is 0 Å². The number of unbranched alkanes of at least 4 members (excludes halogenated alkanes) is 17. The van der Waals surface area contributed by atoms with Gasteiger partial charge in [0, 0.05) is 43.9 Å². The quantitative estimate of drug-likeness (QED) is 0.0152. The van der Waals surface area contributed by atoms with Crippen molar-refractivity contribution in [3.05, 3.63) is 12.2 Å². The molecule has 14 nitrogen and oxygen atoms in total. The zero-order valence-electron chi connectivity index (χ0n) is 36.3. The van der Waals surface area contributed by atoms with Crippen LogP contribution in [0.15, 0.2) is 12.2 Å². The molecule has 6 N–H and O–H groups in total. The second-order valence-corrected chi connectivity index (χ2v) is 17.9. The molecule has 1 saturated carbocycles. The van der Waals surface area contributed by atoms with Crippen LogP contribution >= 0.6 is 7.82 Å². The molecule has 0 aromatic heterocycles. The van der Waals surface area contributed by atoms with E-state index in [0.29, 0.717) is 25.7 Å². The Balaban J connectivity index is 2.46. The van der Waals surface area contributed by atoms with E-state index < -0.39 is 88.5 Å². The molecule has 0 amide bonds. The molecular formula is C44H81O14P. The highest BCUT2D eigenvalue weighted by atomic mass is 31.2. The molecule has 8 atom stereocenters. The van der Waals surface area contributed by atoms with Crippen molar-refractivity contribution in [2.75, 3.05) is 26.4 Å². The number of carbonyl (C=O) groups excluding carboxylic acids is 3. The first-order valence-corrected chi connectivity index (χ1v) is 24.3. The summed E-state index contributed by atoms with van der Waals surface area (Å²) >= 11 is 0. The molecule has 346 valence electrons. The summed E-state index contributed by atoms with van der Waals surface area (Å²) in [6, 6.07) is 0. The molecule has 0 radical (unpaired) electrons. The first-order valence-electron chi connectivity index (χ1n) is 22.8. The van der Waals surface area contributed by atoms with Crippen LogP contribution in [0.2, 0.25) is 0 Å². The molecule has 1 unspecified atom stereocenters. The molecule has 0 spiro atoms. The smallest absolute Gasteiger partial charge is 0.462 e. The summed E-state index contributed by atoms with van der Waals surface area (Å²) in [5, 5.41) is 49.6. The van der Waals surface area contributed by atoms with Gasteiger partial charge in [0.25, 0.3) is 0 Å². The highest BCUT2D eigenvalue weighted by Crippen LogP contribution is 2.43. The number of aliphatic hydroxyl groups is 5. The maximum absolute atomic E-state index is 12.8. The van der Waals surface area contributed by atoms with Crippen molar-refractivity contribution >= 4 is 25.5 Å². The van der Waals surface area contributed by atoms with Gasteiger partial charge in [0.15, 0.2) is 6.10 Å². The average molecular weight is 865 g/mol. The Kier molecular flexibility index (Phi) is 32.6. The predicted octanol–water partition coefficient (Wildman–Crippen LogP) is 7.56. The van der Waals surface area contributed by atoms with Crippen molar-refractivity contribution in [2.24, 2.45) is 11.8 Å². The normalized spacial score (nSPS) is 20.7. The summed E-state index contributed by atoms with van der Waals surface area (Å²) in [4.78, 5) is 48.0. The number of hydrogen-bond donors (Lipinski definition) is 6. The maximum atomic E-state index is 12.8. The lowest BCUT2D eigenvalue weighted by Crippen LogP contribution is -2.29. The van der Waals surface area contributed by atoms with Gasteiger partial charge >= 0.3 is 19.8 Å². The van der Waals surface area contributed by atoms with E-state index in [1.54, 1.807) is 12.2 Å². The number of carbonyl (C=O) groups is 3. The van der Waals surface area contributed by atoms with Gasteiger partial charge in [-0.2, -0.15) is 0 Å². The molecule has 0 saturated heterocycles. The van der Waals surface area contributed by atoms with Crippen molar-refractivity contribution in [1.29, 1.82) is 0 Å². The Morgan fingerprint density at radius 3 is 1.78 bits per heavy atom. The molecule has 59 heavy (non-hydrogen) atoms. The van der Waals surface area contributed by atoms with Crippen LogP contribution in [-0.2, 0) is 37.5 Å². The van der Waals surface area contributed by atoms with Gasteiger partial charge in [-0.15, -0.1) is 0 Å². The fourth-order valence-corrected chi connectivity index (χ4v) is 8.07. The van der Waals surface area contributed by atoms with E-state index in [-0.39, 0.29) is 37.9 Å². The summed E-state index contributed by atoms with van der Waals surface area (Å²) in [5.41, 5.74) is 0. The van der Waals surface area contributed by atoms with Crippen molar-refractivity contribution in [3.8, 4) is 0 Å². The van der Waals surface area contributed by atoms with Crippen LogP contribution in [0.3, 0.4) is 0 Å². The van der Waals surface area contributed by atoms with Crippen LogP contribution < -0.4 is 0 Å². The lowest BCUT2D eigenvalue weighted by atomic mass is 9.87. The van der Waals surface area contributed by atoms with Crippen LogP contribution in [0, 0.1) is 11.8 Å². The first-order chi connectivity index (χ1) is 28.3. The van der Waals surface area contributed by atoms with E-state index in [1.807, 2.05) is 0 Å². The number of esters is 2. The van der Waals surface area contributed by atoms with Gasteiger partial charge in [0.2, 0.25) is 0 Å². The number of Topliss-reactive ketones (excluding diaryl/α,β-unsaturated/α-hetero) is 1. The monoisotopic (exact) mass is 865 g/mol. The molecule has 1 rings (SSSR count). The van der Waals surface area contributed by atoms with Crippen LogP contribution in [0.5, 0.6) is 0 Å². The Morgan fingerprint density at radius 1 is 0.678 bits per heavy atom. The van der Waals surface area contributed by atoms with Crippen molar-refractivity contribution in [3.63, 3.8) is 0 Å². The molecule has 15 heteroatoms. The van der Waals surface area contributed by atoms with Gasteiger partial charge in [-0.1, -0.05) is 135 Å². The van der Waals surface area contributed by atoms with Crippen LogP contribution in [0.4, 0.5) is 0 Å². The fourth-order valence-electron chi connectivity index (χ4n) is 7.28. The number of hydrogen-bond acceptors (Lipinski definition) is 13. The zero-order chi connectivity index (χ0) is 43.7. The summed E-state index contributed by atoms with van der Waals surface area (Å²) < 4.78 is 32.6. The molecule has 0 aliphatic heterocycles. The van der Waals surface area contributed by atoms with E-state index in [4.69, 9.17) is 19.1 Å². The minimum atomic E-state index is -4.71. The van der Waals surface area contributed by atoms with Crippen LogP contribution in [0.1, 0.15) is 181 Å². The Bertz CT molecular complexity index is 1170. The maximum Gasteiger partial charge on any atom is 0.472 e. The minimum absolute atomic E-state index is 0.0410. The van der Waals surface area contributed by atoms with E-state index in [1.165, 1.54) is 70.6 Å². The Morgan fingerprint density at radius 2 is 1.19 bits per heavy atom. The van der Waals surface area contributed by atoms with E-state index in [0.717, 1.165) is 38.5 Å². The topological polar surface area (TPSA) is 227 Å². The van der Waals surface area contributed by atoms with Gasteiger partial charge in [-0.3, -0.25) is 23.4 Å². The number of phosphoric ester groups is 1. The zero-order valence-corrected chi connectivity index (χ0v) is 37.2. The average Bonchev–Trinajstić information content (AvgIpc) is 3.47. The van der Waals surface area contributed by atoms with E-state index in [2.05, 4.69) is 18.4 Å². The van der Waals surface area contributed by atoms with Crippen LogP contribution in [0.25, 0.3) is 0 Å². The third-order valence-electron chi connectivity index (χ3n) is 10.9. The molecule has 1 fully saturated rings. The third kappa shape index (κ3) is 29.2. The number of ketones is 1. The molecular weight excluding hydrogens is 783 g/mol. The number of phosphoric acid groups is 1. The number of rotatable bonds is 39. The number of aliphatic hydroxyl groups excluding tert-OH is 5. The molecule has 1 aliphatic carbocycles. The second kappa shape index (κ2) is 34.8. The fraction of sp³-hybridized carbons (Fsp3) is 0.886. The third-order valence-corrected chi connectivity index (χ3v) is 11.9. The number of ether oxygens (including phenoxy) is 2. The Labute approximate surface area is 354 Å². The summed E-state index contributed by atoms with van der Waals surface area (Å²) in [6.07, 6.45) is 20.9. The largest absolute Gasteiger partial charge is 0.472 e. The van der Waals surface area contributed by atoms with Crippen molar-refractivity contribution < 1.29 is 67.9 Å². The standard InChI is InChI=1S/C44H81O14P/c1-3-5-7-8-9-10-11-12-13-14-15-16-17-18-20-26-44(52)58-38(34-57-59(53,54)56-32-37(48)31-45)33-55-43(51)25-22-21-24-36(47)29-40-39(41(49)30-42(40)50)28-27-35(46)23-19-6-4-2/h27-28,35,37-42,45-46,48-50H,3-26,29-34H2,1-2H3,(H,53,54)/b28-27+/t35-,37-,38+,39+,40+,41+,42-/m0/s1. The molecule has 0 heterocycles. The van der Waals surface area contributed by atoms with Gasteiger partial charge < -0.3 is 39.9 Å². The van der Waals surface area contributed by atoms with Gasteiger partial charge in [0.1, 0.15) is 18.5 Å². The summed E-state index contributed by atoms with van der Waals surface area (Å²) in [6.45, 7) is 1.86. The van der Waals surface area contributed by atoms with Gasteiger partial charge in [0.05, 0.1) is 38.1 Å². The first kappa shape index (κ1) is 55.3. The van der Waals surface area contributed by atoms with Crippen molar-refractivity contribution in [2.45, 2.75) is 211 Å². The summed E-state index contributed by atoms with van der Waals surface area (Å²) in [5.74, 6) is -2.24. The molecule has 0 aromatic carbocycles. The molecule has 0 bridgehead atoms. The SMILES string of the molecule is CCCCCCCCCCCCCCCCCC(=O)O[C@H](COC(=O)CCCCC(=O)C[C@@H]1[C@@H](/C=C/[C@@H](O)CCCCC)[C@H](O)C[C@@H]1O)COP(=O)(O)OC[C@@H](O)CO. The Hall–Kier alpha value is -1.74. The van der Waals surface area contributed by atoms with Crippen LogP contribution in [-0.4, -0.2) is 105 Å². The predicted molar refractivity (Wildman–Crippen MR) is 226 cm³/mol. The van der Waals surface area contributed by atoms with E-state index >= 15 is 0 Å². The molecule has 0 aromatic rings. The summed E-state index contributed by atoms with van der Waals surface area (Å²) in [7, 11) is -4.71. The van der Waals surface area contributed by atoms with Gasteiger partial charge in [-0.05, 0) is 25.7 Å². The highest BCUT2D eigenvalue weighted by molar-refractivity contribution is 7.47. The highest BCUT2D eigenvalue weighted by Gasteiger charge is 2.41. The lowest BCUT2D eigenvalue weighted by molar-refractivity contribution is -0.161. The minimum Gasteiger partial charge on any atom is -0.462 e. The van der Waals surface area contributed by atoms with E-state index in [9.17, 15) is 44.3 Å². The van der Waals surface area contributed by atoms with Gasteiger partial charge in [-0.25, -0.2) is 4.57 Å². The molecule has 1 aliphatic rings.